The fourth-order valence-corrected chi connectivity index (χ4v) is 3.41. The Hall–Kier alpha value is -2.78. The fourth-order valence-electron chi connectivity index (χ4n) is 2.01. The molecule has 26 heavy (non-hydrogen) atoms. The molecular formula is C17H15N3O4S2. The van der Waals surface area contributed by atoms with Gasteiger partial charge in [0, 0.05) is 10.6 Å². The highest BCUT2D eigenvalue weighted by Gasteiger charge is 2.15. The van der Waals surface area contributed by atoms with Crippen LogP contribution in [0.1, 0.15) is 29.4 Å². The van der Waals surface area contributed by atoms with Crippen LogP contribution < -0.4 is 10.1 Å². The number of ether oxygens (including phenoxy) is 2. The minimum absolute atomic E-state index is 0.0245. The predicted molar refractivity (Wildman–Crippen MR) is 99.0 cm³/mol. The molecule has 9 heteroatoms. The zero-order chi connectivity index (χ0) is 18.5. The van der Waals surface area contributed by atoms with Crippen molar-refractivity contribution in [1.29, 1.82) is 0 Å². The number of amides is 1. The van der Waals surface area contributed by atoms with E-state index in [1.165, 1.54) is 11.3 Å². The van der Waals surface area contributed by atoms with Crippen molar-refractivity contribution in [2.75, 3.05) is 12.4 Å². The number of benzene rings is 1. The van der Waals surface area contributed by atoms with Gasteiger partial charge in [-0.05, 0) is 43.3 Å². The summed E-state index contributed by atoms with van der Waals surface area (Å²) in [6, 6.07) is 10.5. The molecule has 3 aromatic rings. The molecule has 0 saturated carbocycles. The number of esters is 1. The maximum Gasteiger partial charge on any atom is 0.348 e. The van der Waals surface area contributed by atoms with Gasteiger partial charge in [0.15, 0.2) is 5.01 Å². The molecular weight excluding hydrogens is 374 g/mol. The highest BCUT2D eigenvalue weighted by molar-refractivity contribution is 7.14. The molecule has 0 spiro atoms. The molecule has 0 aliphatic heterocycles. The molecule has 7 nitrogen and oxygen atoms in total. The van der Waals surface area contributed by atoms with Crippen LogP contribution in [0.5, 0.6) is 5.75 Å². The van der Waals surface area contributed by atoms with Crippen LogP contribution in [0.3, 0.4) is 0 Å². The topological polar surface area (TPSA) is 90.4 Å². The summed E-state index contributed by atoms with van der Waals surface area (Å²) >= 11 is 2.44. The van der Waals surface area contributed by atoms with Crippen molar-refractivity contribution < 1.29 is 19.1 Å². The lowest BCUT2D eigenvalue weighted by molar-refractivity contribution is 0.0477. The number of aromatic nitrogens is 2. The molecule has 0 aliphatic carbocycles. The zero-order valence-electron chi connectivity index (χ0n) is 14.0. The van der Waals surface area contributed by atoms with Crippen LogP contribution in [0.2, 0.25) is 0 Å². The number of methoxy groups -OCH3 is 1. The van der Waals surface area contributed by atoms with Gasteiger partial charge in [0.1, 0.15) is 17.2 Å². The largest absolute Gasteiger partial charge is 0.497 e. The van der Waals surface area contributed by atoms with Gasteiger partial charge >= 0.3 is 5.97 Å². The number of hydrogen-bond acceptors (Lipinski definition) is 8. The van der Waals surface area contributed by atoms with Crippen molar-refractivity contribution in [3.05, 3.63) is 56.2 Å². The number of aryl methyl sites for hydroxylation is 1. The molecule has 2 heterocycles. The Kier molecular flexibility index (Phi) is 5.59. The first kappa shape index (κ1) is 18.0. The number of carbonyl (C=O) groups excluding carboxylic acids is 2. The van der Waals surface area contributed by atoms with E-state index in [4.69, 9.17) is 9.47 Å². The second-order valence-electron chi connectivity index (χ2n) is 5.17. The van der Waals surface area contributed by atoms with Crippen LogP contribution in [0.15, 0.2) is 36.4 Å². The monoisotopic (exact) mass is 389 g/mol. The third kappa shape index (κ3) is 4.44. The Balaban J connectivity index is 1.56. The van der Waals surface area contributed by atoms with Gasteiger partial charge in [-0.25, -0.2) is 4.79 Å². The van der Waals surface area contributed by atoms with Gasteiger partial charge in [0.05, 0.1) is 7.11 Å². The molecule has 3 rings (SSSR count). The second kappa shape index (κ2) is 8.07. The highest BCUT2D eigenvalue weighted by atomic mass is 32.1. The number of nitrogens with zero attached hydrogens (tertiary/aromatic N) is 2. The van der Waals surface area contributed by atoms with Gasteiger partial charge in [-0.2, -0.15) is 0 Å². The standard InChI is InChI=1S/C17H15N3O4S2/c1-10-3-8-13(25-10)17(22)24-9-14-19-20-16(26-14)15(21)18-11-4-6-12(23-2)7-5-11/h3-8H,9H2,1-2H3,(H,18,21). The lowest BCUT2D eigenvalue weighted by atomic mass is 10.3. The van der Waals surface area contributed by atoms with Crippen LogP contribution >= 0.6 is 22.7 Å². The summed E-state index contributed by atoms with van der Waals surface area (Å²) in [4.78, 5) is 25.7. The van der Waals surface area contributed by atoms with Crippen molar-refractivity contribution in [3.8, 4) is 5.75 Å². The summed E-state index contributed by atoms with van der Waals surface area (Å²) in [6.07, 6.45) is 0. The molecule has 0 fully saturated rings. The Labute approximate surface area is 157 Å². The number of rotatable bonds is 6. The molecule has 0 radical (unpaired) electrons. The number of carbonyl (C=O) groups is 2. The predicted octanol–water partition coefficient (Wildman–Crippen LogP) is 3.53. The first-order valence-electron chi connectivity index (χ1n) is 7.56. The average Bonchev–Trinajstić information content (AvgIpc) is 3.29. The van der Waals surface area contributed by atoms with Crippen LogP contribution in [0.25, 0.3) is 0 Å². The average molecular weight is 389 g/mol. The molecule has 2 aromatic heterocycles. The number of hydrogen-bond donors (Lipinski definition) is 1. The minimum Gasteiger partial charge on any atom is -0.497 e. The molecule has 0 atom stereocenters. The van der Waals surface area contributed by atoms with Crippen molar-refractivity contribution in [2.24, 2.45) is 0 Å². The van der Waals surface area contributed by atoms with Crippen LogP contribution in [-0.4, -0.2) is 29.2 Å². The molecule has 134 valence electrons. The van der Waals surface area contributed by atoms with E-state index in [2.05, 4.69) is 15.5 Å². The Morgan fingerprint density at radius 3 is 2.50 bits per heavy atom. The van der Waals surface area contributed by atoms with Gasteiger partial charge in [-0.15, -0.1) is 21.5 Å². The van der Waals surface area contributed by atoms with Crippen molar-refractivity contribution >= 4 is 40.2 Å². The smallest absolute Gasteiger partial charge is 0.348 e. The van der Waals surface area contributed by atoms with E-state index in [9.17, 15) is 9.59 Å². The van der Waals surface area contributed by atoms with Gasteiger partial charge in [-0.1, -0.05) is 11.3 Å². The highest BCUT2D eigenvalue weighted by Crippen LogP contribution is 2.19. The summed E-state index contributed by atoms with van der Waals surface area (Å²) in [5.41, 5.74) is 0.618. The van der Waals surface area contributed by atoms with Crippen molar-refractivity contribution in [3.63, 3.8) is 0 Å². The number of thiophene rings is 1. The summed E-state index contributed by atoms with van der Waals surface area (Å²) in [7, 11) is 1.57. The lowest BCUT2D eigenvalue weighted by Gasteiger charge is -2.04. The number of anilines is 1. The quantitative estimate of drug-likeness (QED) is 0.649. The first-order chi connectivity index (χ1) is 12.5. The van der Waals surface area contributed by atoms with E-state index in [1.807, 2.05) is 13.0 Å². The normalized spacial score (nSPS) is 10.4. The Morgan fingerprint density at radius 1 is 1.08 bits per heavy atom. The lowest BCUT2D eigenvalue weighted by Crippen LogP contribution is -2.11. The van der Waals surface area contributed by atoms with Gasteiger partial charge in [0.2, 0.25) is 5.01 Å². The van der Waals surface area contributed by atoms with E-state index in [-0.39, 0.29) is 17.5 Å². The fraction of sp³-hybridized carbons (Fsp3) is 0.176. The summed E-state index contributed by atoms with van der Waals surface area (Å²) in [5.74, 6) is -0.0920. The molecule has 0 bridgehead atoms. The minimum atomic E-state index is -0.414. The van der Waals surface area contributed by atoms with E-state index < -0.39 is 5.97 Å². The van der Waals surface area contributed by atoms with E-state index in [0.29, 0.717) is 21.3 Å². The summed E-state index contributed by atoms with van der Waals surface area (Å²) in [6.45, 7) is 1.89. The van der Waals surface area contributed by atoms with Gasteiger partial charge in [-0.3, -0.25) is 4.79 Å². The Bertz CT molecular complexity index is 918. The summed E-state index contributed by atoms with van der Waals surface area (Å²) in [5, 5.41) is 11.1. The Morgan fingerprint density at radius 2 is 1.85 bits per heavy atom. The van der Waals surface area contributed by atoms with Crippen LogP contribution in [0, 0.1) is 6.92 Å². The maximum absolute atomic E-state index is 12.2. The molecule has 1 amide bonds. The van der Waals surface area contributed by atoms with Crippen molar-refractivity contribution in [2.45, 2.75) is 13.5 Å². The molecule has 0 aliphatic rings. The molecule has 1 N–H and O–H groups in total. The third-order valence-corrected chi connectivity index (χ3v) is 5.15. The zero-order valence-corrected chi connectivity index (χ0v) is 15.6. The SMILES string of the molecule is COc1ccc(NC(=O)c2nnc(COC(=O)c3ccc(C)s3)s2)cc1. The second-order valence-corrected chi connectivity index (χ2v) is 7.52. The number of nitrogens with one attached hydrogen (secondary N) is 1. The maximum atomic E-state index is 12.2. The molecule has 1 aromatic carbocycles. The van der Waals surface area contributed by atoms with Crippen LogP contribution in [0.4, 0.5) is 5.69 Å². The first-order valence-corrected chi connectivity index (χ1v) is 9.20. The summed E-state index contributed by atoms with van der Waals surface area (Å²) < 4.78 is 10.3. The van der Waals surface area contributed by atoms with E-state index in [1.54, 1.807) is 37.4 Å². The van der Waals surface area contributed by atoms with Gasteiger partial charge < -0.3 is 14.8 Å². The van der Waals surface area contributed by atoms with Crippen LogP contribution in [-0.2, 0) is 11.3 Å². The molecule has 0 saturated heterocycles. The molecule has 0 unspecified atom stereocenters. The third-order valence-electron chi connectivity index (χ3n) is 3.28. The van der Waals surface area contributed by atoms with E-state index in [0.717, 1.165) is 16.2 Å². The van der Waals surface area contributed by atoms with Crippen molar-refractivity contribution in [1.82, 2.24) is 10.2 Å². The van der Waals surface area contributed by atoms with E-state index >= 15 is 0 Å². The van der Waals surface area contributed by atoms with Gasteiger partial charge in [0.25, 0.3) is 5.91 Å².